The van der Waals surface area contributed by atoms with Crippen molar-refractivity contribution in [1.82, 2.24) is 0 Å². The molecule has 0 radical (unpaired) electrons. The van der Waals surface area contributed by atoms with E-state index in [2.05, 4.69) is 11.4 Å². The van der Waals surface area contributed by atoms with Crippen LogP contribution in [0.1, 0.15) is 24.0 Å². The molecule has 1 aromatic rings. The number of rotatable bonds is 2. The summed E-state index contributed by atoms with van der Waals surface area (Å²) in [5.74, 6) is -0.782. The van der Waals surface area contributed by atoms with Gasteiger partial charge in [-0.05, 0) is 30.5 Å². The zero-order chi connectivity index (χ0) is 13.4. The van der Waals surface area contributed by atoms with Crippen LogP contribution in [-0.4, -0.2) is 17.1 Å². The van der Waals surface area contributed by atoms with Gasteiger partial charge in [0.15, 0.2) is 0 Å². The van der Waals surface area contributed by atoms with Crippen LogP contribution < -0.4 is 10.2 Å². The standard InChI is InChI=1S/C14H13N3O2/c15-8-9-5-10-1-2-11(7-13(18)19)17-4-3-16-12(6-9)14(10)17/h3-6,11,16H,1-2,7H2,(H,18,19). The number of aliphatic carboxylic acids is 1. The normalized spacial score (nSPS) is 19.3. The van der Waals surface area contributed by atoms with Gasteiger partial charge in [0, 0.05) is 18.4 Å². The van der Waals surface area contributed by atoms with E-state index < -0.39 is 5.97 Å². The van der Waals surface area contributed by atoms with E-state index in [4.69, 9.17) is 10.4 Å². The molecule has 1 aromatic carbocycles. The van der Waals surface area contributed by atoms with Crippen molar-refractivity contribution in [1.29, 1.82) is 5.26 Å². The third-order valence-corrected chi connectivity index (χ3v) is 3.60. The highest BCUT2D eigenvalue weighted by atomic mass is 16.4. The van der Waals surface area contributed by atoms with E-state index in [1.54, 1.807) is 12.3 Å². The summed E-state index contributed by atoms with van der Waals surface area (Å²) in [7, 11) is 0. The van der Waals surface area contributed by atoms with Crippen molar-refractivity contribution in [2.75, 3.05) is 10.2 Å². The molecule has 0 aliphatic carbocycles. The minimum absolute atomic E-state index is 0.0185. The second-order valence-corrected chi connectivity index (χ2v) is 4.80. The number of hydrogen-bond acceptors (Lipinski definition) is 4. The molecule has 2 aliphatic heterocycles. The molecule has 96 valence electrons. The zero-order valence-electron chi connectivity index (χ0n) is 10.3. The number of carboxylic acid groups (broad SMARTS) is 1. The molecule has 1 atom stereocenters. The van der Waals surface area contributed by atoms with Gasteiger partial charge in [-0.15, -0.1) is 0 Å². The molecule has 0 saturated heterocycles. The van der Waals surface area contributed by atoms with Gasteiger partial charge in [0.1, 0.15) is 0 Å². The molecule has 0 saturated carbocycles. The summed E-state index contributed by atoms with van der Waals surface area (Å²) in [5, 5.41) is 21.1. The molecule has 2 heterocycles. The largest absolute Gasteiger partial charge is 0.481 e. The van der Waals surface area contributed by atoms with Crippen LogP contribution in [0.15, 0.2) is 24.5 Å². The molecule has 0 amide bonds. The van der Waals surface area contributed by atoms with E-state index >= 15 is 0 Å². The summed E-state index contributed by atoms with van der Waals surface area (Å²) < 4.78 is 0. The highest BCUT2D eigenvalue weighted by Crippen LogP contribution is 2.41. The second-order valence-electron chi connectivity index (χ2n) is 4.80. The predicted octanol–water partition coefficient (Wildman–Crippen LogP) is 2.05. The van der Waals surface area contributed by atoms with Crippen molar-refractivity contribution in [2.45, 2.75) is 25.3 Å². The Morgan fingerprint density at radius 1 is 1.58 bits per heavy atom. The third-order valence-electron chi connectivity index (χ3n) is 3.60. The van der Waals surface area contributed by atoms with Crippen molar-refractivity contribution in [3.8, 4) is 6.07 Å². The number of carbonyl (C=O) groups is 1. The molecule has 2 N–H and O–H groups in total. The number of carboxylic acids is 1. The van der Waals surface area contributed by atoms with Gasteiger partial charge in [0.25, 0.3) is 0 Å². The molecule has 19 heavy (non-hydrogen) atoms. The van der Waals surface area contributed by atoms with Crippen molar-refractivity contribution in [3.63, 3.8) is 0 Å². The first kappa shape index (κ1) is 11.6. The van der Waals surface area contributed by atoms with Crippen LogP contribution in [0.4, 0.5) is 11.4 Å². The van der Waals surface area contributed by atoms with Crippen LogP contribution in [0.3, 0.4) is 0 Å². The lowest BCUT2D eigenvalue weighted by Crippen LogP contribution is -2.38. The van der Waals surface area contributed by atoms with Gasteiger partial charge < -0.3 is 15.3 Å². The Labute approximate surface area is 110 Å². The maximum atomic E-state index is 10.9. The summed E-state index contributed by atoms with van der Waals surface area (Å²) in [5.41, 5.74) is 3.63. The van der Waals surface area contributed by atoms with E-state index in [1.807, 2.05) is 17.2 Å². The number of aryl methyl sites for hydroxylation is 1. The SMILES string of the molecule is N#Cc1cc2c3c(c1)NC=CN3C(CC(=O)O)CC2. The van der Waals surface area contributed by atoms with Crippen molar-refractivity contribution in [2.24, 2.45) is 0 Å². The molecular weight excluding hydrogens is 242 g/mol. The molecule has 2 aliphatic rings. The lowest BCUT2D eigenvalue weighted by Gasteiger charge is -2.39. The summed E-state index contributed by atoms with van der Waals surface area (Å²) >= 11 is 0. The fourth-order valence-electron chi connectivity index (χ4n) is 2.81. The van der Waals surface area contributed by atoms with Gasteiger partial charge >= 0.3 is 5.97 Å². The Morgan fingerprint density at radius 3 is 3.16 bits per heavy atom. The zero-order valence-corrected chi connectivity index (χ0v) is 10.3. The fraction of sp³-hybridized carbons (Fsp3) is 0.286. The Hall–Kier alpha value is -2.48. The smallest absolute Gasteiger partial charge is 0.305 e. The average Bonchev–Trinajstić information content (AvgIpc) is 2.41. The van der Waals surface area contributed by atoms with Gasteiger partial charge in [-0.2, -0.15) is 5.26 Å². The number of benzene rings is 1. The fourth-order valence-corrected chi connectivity index (χ4v) is 2.81. The Kier molecular flexibility index (Phi) is 2.64. The van der Waals surface area contributed by atoms with Crippen molar-refractivity contribution in [3.05, 3.63) is 35.7 Å². The predicted molar refractivity (Wildman–Crippen MR) is 70.8 cm³/mol. The molecule has 5 nitrogen and oxygen atoms in total. The van der Waals surface area contributed by atoms with Crippen LogP contribution in [0, 0.1) is 11.3 Å². The maximum Gasteiger partial charge on any atom is 0.305 e. The average molecular weight is 255 g/mol. The monoisotopic (exact) mass is 255 g/mol. The van der Waals surface area contributed by atoms with Gasteiger partial charge in [0.2, 0.25) is 0 Å². The minimum Gasteiger partial charge on any atom is -0.481 e. The summed E-state index contributed by atoms with van der Waals surface area (Å²) in [6.45, 7) is 0. The van der Waals surface area contributed by atoms with Crippen LogP contribution in [-0.2, 0) is 11.2 Å². The number of anilines is 2. The minimum atomic E-state index is -0.782. The lowest BCUT2D eigenvalue weighted by atomic mass is 9.91. The van der Waals surface area contributed by atoms with Crippen molar-refractivity contribution >= 4 is 17.3 Å². The van der Waals surface area contributed by atoms with Crippen LogP contribution in [0.25, 0.3) is 0 Å². The Balaban J connectivity index is 2.05. The second kappa shape index (κ2) is 4.32. The maximum absolute atomic E-state index is 10.9. The highest BCUT2D eigenvalue weighted by Gasteiger charge is 2.30. The summed E-state index contributed by atoms with van der Waals surface area (Å²) in [4.78, 5) is 12.9. The van der Waals surface area contributed by atoms with Crippen LogP contribution in [0.2, 0.25) is 0 Å². The third kappa shape index (κ3) is 1.91. The van der Waals surface area contributed by atoms with Gasteiger partial charge in [0.05, 0.1) is 29.4 Å². The van der Waals surface area contributed by atoms with E-state index in [0.717, 1.165) is 29.8 Å². The van der Waals surface area contributed by atoms with Crippen molar-refractivity contribution < 1.29 is 9.90 Å². The van der Waals surface area contributed by atoms with E-state index in [9.17, 15) is 4.79 Å². The number of nitrogens with zero attached hydrogens (tertiary/aromatic N) is 2. The van der Waals surface area contributed by atoms with Gasteiger partial charge in [-0.3, -0.25) is 4.79 Å². The van der Waals surface area contributed by atoms with Crippen LogP contribution >= 0.6 is 0 Å². The molecule has 3 rings (SSSR count). The molecule has 0 fully saturated rings. The molecular formula is C14H13N3O2. The molecule has 0 aromatic heterocycles. The molecule has 5 heteroatoms. The first-order chi connectivity index (χ1) is 9.19. The molecule has 1 unspecified atom stereocenters. The van der Waals surface area contributed by atoms with Crippen LogP contribution in [0.5, 0.6) is 0 Å². The van der Waals surface area contributed by atoms with E-state index in [1.165, 1.54) is 0 Å². The van der Waals surface area contributed by atoms with E-state index in [-0.39, 0.29) is 12.5 Å². The van der Waals surface area contributed by atoms with Gasteiger partial charge in [-0.25, -0.2) is 0 Å². The Bertz CT molecular complexity index is 616. The quantitative estimate of drug-likeness (QED) is 0.845. The highest BCUT2D eigenvalue weighted by molar-refractivity contribution is 5.81. The lowest BCUT2D eigenvalue weighted by molar-refractivity contribution is -0.137. The van der Waals surface area contributed by atoms with Gasteiger partial charge in [-0.1, -0.05) is 0 Å². The van der Waals surface area contributed by atoms with E-state index in [0.29, 0.717) is 5.56 Å². The molecule has 0 bridgehead atoms. The summed E-state index contributed by atoms with van der Waals surface area (Å²) in [6, 6.07) is 5.84. The number of hydrogen-bond donors (Lipinski definition) is 2. The Morgan fingerprint density at radius 2 is 2.42 bits per heavy atom. The molecule has 0 spiro atoms. The topological polar surface area (TPSA) is 76.4 Å². The number of nitrogens with one attached hydrogen (secondary N) is 1. The summed E-state index contributed by atoms with van der Waals surface area (Å²) in [6.07, 6.45) is 5.39. The number of nitriles is 1. The first-order valence-corrected chi connectivity index (χ1v) is 6.19. The first-order valence-electron chi connectivity index (χ1n) is 6.19.